The van der Waals surface area contributed by atoms with E-state index < -0.39 is 6.04 Å². The highest BCUT2D eigenvalue weighted by molar-refractivity contribution is 7.14. The molecule has 1 unspecified atom stereocenters. The molecule has 0 fully saturated rings. The SMILES string of the molecule is CCCC(N)C(=O)Nc1nc(-c2cccs2)ns1.Cl. The molecule has 0 aromatic carbocycles. The zero-order chi connectivity index (χ0) is 13.0. The Labute approximate surface area is 125 Å². The summed E-state index contributed by atoms with van der Waals surface area (Å²) in [5.41, 5.74) is 5.72. The molecule has 3 N–H and O–H groups in total. The first-order valence-corrected chi connectivity index (χ1v) is 7.30. The lowest BCUT2D eigenvalue weighted by atomic mass is 10.2. The van der Waals surface area contributed by atoms with Gasteiger partial charge in [-0.2, -0.15) is 9.36 Å². The number of nitrogens with one attached hydrogen (secondary N) is 1. The van der Waals surface area contributed by atoms with Gasteiger partial charge in [-0.05, 0) is 17.9 Å². The van der Waals surface area contributed by atoms with Crippen LogP contribution in [0.1, 0.15) is 19.8 Å². The zero-order valence-corrected chi connectivity index (χ0v) is 12.8. The summed E-state index contributed by atoms with van der Waals surface area (Å²) in [6.45, 7) is 1.99. The molecule has 0 spiro atoms. The third kappa shape index (κ3) is 4.24. The molecule has 0 radical (unpaired) electrons. The Hall–Kier alpha value is -1.02. The quantitative estimate of drug-likeness (QED) is 0.888. The van der Waals surface area contributed by atoms with Gasteiger partial charge in [0.15, 0.2) is 5.82 Å². The first kappa shape index (κ1) is 16.0. The van der Waals surface area contributed by atoms with Gasteiger partial charge in [-0.1, -0.05) is 19.4 Å². The minimum absolute atomic E-state index is 0. The van der Waals surface area contributed by atoms with Crippen LogP contribution in [-0.4, -0.2) is 21.3 Å². The van der Waals surface area contributed by atoms with Crippen LogP contribution in [0.3, 0.4) is 0 Å². The fourth-order valence-electron chi connectivity index (χ4n) is 1.42. The molecule has 2 aromatic rings. The molecule has 0 saturated carbocycles. The second-order valence-electron chi connectivity index (χ2n) is 3.78. The smallest absolute Gasteiger partial charge is 0.243 e. The van der Waals surface area contributed by atoms with Crippen molar-refractivity contribution in [3.05, 3.63) is 17.5 Å². The minimum Gasteiger partial charge on any atom is -0.320 e. The van der Waals surface area contributed by atoms with Gasteiger partial charge >= 0.3 is 0 Å². The number of nitrogens with two attached hydrogens (primary N) is 1. The summed E-state index contributed by atoms with van der Waals surface area (Å²) in [4.78, 5) is 17.0. The predicted octanol–water partition coefficient (Wildman–Crippen LogP) is 2.75. The van der Waals surface area contributed by atoms with Crippen molar-refractivity contribution in [1.82, 2.24) is 9.36 Å². The van der Waals surface area contributed by atoms with Crippen LogP contribution in [0.5, 0.6) is 0 Å². The number of thiophene rings is 1. The van der Waals surface area contributed by atoms with Gasteiger partial charge in [0.2, 0.25) is 11.0 Å². The second-order valence-corrected chi connectivity index (χ2v) is 5.48. The maximum absolute atomic E-state index is 11.7. The Morgan fingerprint density at radius 3 is 3.00 bits per heavy atom. The molecule has 1 atom stereocenters. The predicted molar refractivity (Wildman–Crippen MR) is 82.0 cm³/mol. The molecule has 104 valence electrons. The summed E-state index contributed by atoms with van der Waals surface area (Å²) in [5, 5.41) is 5.15. The zero-order valence-electron chi connectivity index (χ0n) is 10.3. The van der Waals surface area contributed by atoms with Crippen molar-refractivity contribution in [2.45, 2.75) is 25.8 Å². The number of hydrogen-bond donors (Lipinski definition) is 2. The highest BCUT2D eigenvalue weighted by Crippen LogP contribution is 2.24. The molecule has 0 saturated heterocycles. The van der Waals surface area contributed by atoms with Crippen molar-refractivity contribution in [2.24, 2.45) is 5.73 Å². The Bertz CT molecular complexity index is 515. The Morgan fingerprint density at radius 2 is 2.37 bits per heavy atom. The van der Waals surface area contributed by atoms with Gasteiger partial charge in [-0.25, -0.2) is 0 Å². The number of amides is 1. The van der Waals surface area contributed by atoms with Crippen molar-refractivity contribution in [2.75, 3.05) is 5.32 Å². The van der Waals surface area contributed by atoms with E-state index in [0.29, 0.717) is 17.4 Å². The molecule has 0 bridgehead atoms. The lowest BCUT2D eigenvalue weighted by Crippen LogP contribution is -2.35. The number of nitrogens with zero attached hydrogens (tertiary/aromatic N) is 2. The molecule has 2 aromatic heterocycles. The van der Waals surface area contributed by atoms with E-state index in [1.165, 1.54) is 11.5 Å². The Kier molecular flexibility index (Phi) is 6.36. The summed E-state index contributed by atoms with van der Waals surface area (Å²) in [5.74, 6) is 0.445. The van der Waals surface area contributed by atoms with Crippen molar-refractivity contribution in [3.8, 4) is 10.7 Å². The second kappa shape index (κ2) is 7.54. The average molecular weight is 319 g/mol. The maximum atomic E-state index is 11.7. The molecule has 1 amide bonds. The van der Waals surface area contributed by atoms with Crippen LogP contribution in [0.4, 0.5) is 5.13 Å². The standard InChI is InChI=1S/C11H14N4OS2.ClH/c1-2-4-7(12)10(16)14-11-13-9(15-18-11)8-5-3-6-17-8;/h3,5-7H,2,4,12H2,1H3,(H,13,14,15,16);1H. The molecule has 0 aliphatic heterocycles. The number of aromatic nitrogens is 2. The van der Waals surface area contributed by atoms with E-state index in [9.17, 15) is 4.79 Å². The molecule has 2 heterocycles. The topological polar surface area (TPSA) is 80.9 Å². The maximum Gasteiger partial charge on any atom is 0.243 e. The van der Waals surface area contributed by atoms with E-state index in [1.807, 2.05) is 24.4 Å². The number of anilines is 1. The van der Waals surface area contributed by atoms with Crippen LogP contribution in [0.15, 0.2) is 17.5 Å². The van der Waals surface area contributed by atoms with Crippen LogP contribution >= 0.6 is 35.3 Å². The first-order valence-electron chi connectivity index (χ1n) is 5.64. The summed E-state index contributed by atoms with van der Waals surface area (Å²) in [7, 11) is 0. The third-order valence-corrected chi connectivity index (χ3v) is 3.83. The highest BCUT2D eigenvalue weighted by Gasteiger charge is 2.15. The average Bonchev–Trinajstić information content (AvgIpc) is 2.98. The largest absolute Gasteiger partial charge is 0.320 e. The van der Waals surface area contributed by atoms with Crippen LogP contribution in [0.25, 0.3) is 10.7 Å². The van der Waals surface area contributed by atoms with Crippen molar-refractivity contribution >= 4 is 46.3 Å². The molecule has 8 heteroatoms. The van der Waals surface area contributed by atoms with Gasteiger partial charge in [0.1, 0.15) is 0 Å². The number of rotatable bonds is 5. The van der Waals surface area contributed by atoms with Crippen LogP contribution in [-0.2, 0) is 4.79 Å². The fraction of sp³-hybridized carbons (Fsp3) is 0.364. The lowest BCUT2D eigenvalue weighted by Gasteiger charge is -2.08. The monoisotopic (exact) mass is 318 g/mol. The summed E-state index contributed by atoms with van der Waals surface area (Å²) >= 11 is 2.74. The fourth-order valence-corrected chi connectivity index (χ4v) is 2.72. The number of carbonyl (C=O) groups is 1. The van der Waals surface area contributed by atoms with E-state index in [-0.39, 0.29) is 18.3 Å². The first-order chi connectivity index (χ1) is 8.70. The van der Waals surface area contributed by atoms with Gasteiger partial charge in [-0.15, -0.1) is 23.7 Å². The molecule has 2 rings (SSSR count). The van der Waals surface area contributed by atoms with Crippen LogP contribution < -0.4 is 11.1 Å². The van der Waals surface area contributed by atoms with Crippen molar-refractivity contribution in [1.29, 1.82) is 0 Å². The number of hydrogen-bond acceptors (Lipinski definition) is 6. The van der Waals surface area contributed by atoms with Crippen LogP contribution in [0.2, 0.25) is 0 Å². The Morgan fingerprint density at radius 1 is 1.58 bits per heavy atom. The third-order valence-electron chi connectivity index (χ3n) is 2.33. The summed E-state index contributed by atoms with van der Waals surface area (Å²) < 4.78 is 4.20. The molecule has 5 nitrogen and oxygen atoms in total. The van der Waals surface area contributed by atoms with Crippen molar-refractivity contribution in [3.63, 3.8) is 0 Å². The number of halogens is 1. The molecule has 19 heavy (non-hydrogen) atoms. The van der Waals surface area contributed by atoms with Gasteiger partial charge < -0.3 is 5.73 Å². The molecular formula is C11H15ClN4OS2. The van der Waals surface area contributed by atoms with Gasteiger partial charge in [-0.3, -0.25) is 10.1 Å². The molecule has 0 aliphatic carbocycles. The Balaban J connectivity index is 0.00000180. The van der Waals surface area contributed by atoms with E-state index in [4.69, 9.17) is 5.73 Å². The number of carbonyl (C=O) groups excluding carboxylic acids is 1. The minimum atomic E-state index is -0.482. The lowest BCUT2D eigenvalue weighted by molar-refractivity contribution is -0.117. The van der Waals surface area contributed by atoms with E-state index in [2.05, 4.69) is 14.7 Å². The van der Waals surface area contributed by atoms with E-state index >= 15 is 0 Å². The normalized spacial score (nSPS) is 11.7. The van der Waals surface area contributed by atoms with E-state index in [0.717, 1.165) is 11.3 Å². The van der Waals surface area contributed by atoms with E-state index in [1.54, 1.807) is 11.3 Å². The molecule has 0 aliphatic rings. The van der Waals surface area contributed by atoms with Gasteiger partial charge in [0.25, 0.3) is 0 Å². The highest BCUT2D eigenvalue weighted by atomic mass is 35.5. The van der Waals surface area contributed by atoms with Gasteiger partial charge in [0, 0.05) is 11.5 Å². The van der Waals surface area contributed by atoms with Crippen molar-refractivity contribution < 1.29 is 4.79 Å². The van der Waals surface area contributed by atoms with Gasteiger partial charge in [0.05, 0.1) is 10.9 Å². The van der Waals surface area contributed by atoms with Crippen LogP contribution in [0, 0.1) is 0 Å². The summed E-state index contributed by atoms with van der Waals surface area (Å²) in [6, 6.07) is 3.40. The molecular weight excluding hydrogens is 304 g/mol. The summed E-state index contributed by atoms with van der Waals surface area (Å²) in [6.07, 6.45) is 1.55.